The molecule has 0 rings (SSSR count). The second-order valence-corrected chi connectivity index (χ2v) is 3.44. The second kappa shape index (κ2) is 3.99. The molecule has 8 heavy (non-hydrogen) atoms. The quantitative estimate of drug-likeness (QED) is 0.252. The molecule has 0 saturated carbocycles. The third-order valence-corrected chi connectivity index (χ3v) is 1.76. The van der Waals surface area contributed by atoms with Crippen LogP contribution in [0.5, 0.6) is 0 Å². The summed E-state index contributed by atoms with van der Waals surface area (Å²) in [6, 6.07) is 0. The van der Waals surface area contributed by atoms with E-state index in [2.05, 4.69) is 0 Å². The Kier molecular flexibility index (Phi) is 5.90. The van der Waals surface area contributed by atoms with E-state index in [-0.39, 0.29) is 22.6 Å². The number of rotatable bonds is 1. The minimum atomic E-state index is -0.319. The molecule has 0 aromatic rings. The van der Waals surface area contributed by atoms with Crippen LogP contribution in [0.2, 0.25) is 0 Å². The van der Waals surface area contributed by atoms with Crippen molar-refractivity contribution >= 4 is 40.8 Å². The van der Waals surface area contributed by atoms with Gasteiger partial charge >= 0.3 is 17.6 Å². The molecule has 0 aliphatic rings. The number of halogens is 2. The average molecular weight is 220 g/mol. The van der Waals surface area contributed by atoms with Crippen LogP contribution in [-0.2, 0) is 0 Å². The predicted octanol–water partition coefficient (Wildman–Crippen LogP) is 0.00220. The maximum atomic E-state index is 5.49. The van der Waals surface area contributed by atoms with Crippen LogP contribution in [0.1, 0.15) is 0 Å². The molecule has 0 saturated heterocycles. The van der Waals surface area contributed by atoms with Gasteiger partial charge in [0.2, 0.25) is 4.96 Å². The third kappa shape index (κ3) is 5.22. The van der Waals surface area contributed by atoms with Crippen molar-refractivity contribution in [2.24, 2.45) is 0 Å². The Bertz CT molecular complexity index is 59.5. The minimum absolute atomic E-state index is 0. The summed E-state index contributed by atoms with van der Waals surface area (Å²) in [7, 11) is 5.81. The van der Waals surface area contributed by atoms with Gasteiger partial charge in [-0.15, -0.1) is 0 Å². The van der Waals surface area contributed by atoms with E-state index in [9.17, 15) is 0 Å². The van der Waals surface area contributed by atoms with Gasteiger partial charge in [0.05, 0.1) is 21.1 Å². The number of alkyl halides is 2. The van der Waals surface area contributed by atoms with Crippen LogP contribution in [0.15, 0.2) is 0 Å². The Labute approximate surface area is 71.5 Å². The van der Waals surface area contributed by atoms with Gasteiger partial charge in [-0.05, 0) is 23.2 Å². The fraction of sp³-hybridized carbons (Fsp3) is 1.00. The van der Waals surface area contributed by atoms with Gasteiger partial charge < -0.3 is 4.48 Å². The van der Waals surface area contributed by atoms with Crippen molar-refractivity contribution in [3.8, 4) is 0 Å². The van der Waals surface area contributed by atoms with Crippen molar-refractivity contribution in [2.45, 2.75) is 4.96 Å². The number of quaternary nitrogens is 1. The van der Waals surface area contributed by atoms with Gasteiger partial charge in [0.15, 0.2) is 0 Å². The van der Waals surface area contributed by atoms with E-state index in [4.69, 9.17) is 23.2 Å². The van der Waals surface area contributed by atoms with Gasteiger partial charge in [-0.2, -0.15) is 0 Å². The van der Waals surface area contributed by atoms with Crippen LogP contribution in [0.3, 0.4) is 0 Å². The monoisotopic (exact) mass is 220 g/mol. The van der Waals surface area contributed by atoms with E-state index in [1.54, 1.807) is 0 Å². The number of hydrogen-bond acceptors (Lipinski definition) is 0. The van der Waals surface area contributed by atoms with Gasteiger partial charge in [-0.1, -0.05) is 0 Å². The van der Waals surface area contributed by atoms with Gasteiger partial charge in [-0.3, -0.25) is 0 Å². The molecule has 0 fully saturated rings. The van der Waals surface area contributed by atoms with E-state index < -0.39 is 0 Å². The zero-order valence-electron chi connectivity index (χ0n) is 4.78. The summed E-state index contributed by atoms with van der Waals surface area (Å²) in [5, 5.41) is 0. The Morgan fingerprint density at radius 2 is 1.25 bits per heavy atom. The van der Waals surface area contributed by atoms with E-state index in [0.717, 1.165) is 0 Å². The first-order chi connectivity index (χ1) is 2.94. The van der Waals surface area contributed by atoms with E-state index in [0.29, 0.717) is 4.48 Å². The zero-order valence-corrected chi connectivity index (χ0v) is 6.29. The van der Waals surface area contributed by atoms with Crippen molar-refractivity contribution in [3.63, 3.8) is 0 Å². The molecule has 0 amide bonds. The van der Waals surface area contributed by atoms with Gasteiger partial charge in [0.25, 0.3) is 0 Å². The Morgan fingerprint density at radius 3 is 1.25 bits per heavy atom. The van der Waals surface area contributed by atoms with E-state index in [1.165, 1.54) is 0 Å². The summed E-state index contributed by atoms with van der Waals surface area (Å²) >= 11 is 11.0. The summed E-state index contributed by atoms with van der Waals surface area (Å²) in [5.74, 6) is 0. The topological polar surface area (TPSA) is 0 Å². The van der Waals surface area contributed by atoms with E-state index >= 15 is 0 Å². The first-order valence-electron chi connectivity index (χ1n) is 2.04. The molecule has 0 N–H and O–H groups in total. The van der Waals surface area contributed by atoms with Gasteiger partial charge in [0.1, 0.15) is 0 Å². The number of hydrogen-bond donors (Lipinski definition) is 0. The average Bonchev–Trinajstić information content (AvgIpc) is 1.31. The third-order valence-electron chi connectivity index (χ3n) is 0.586. The molecule has 0 aromatic heterocycles. The van der Waals surface area contributed by atoms with Gasteiger partial charge in [0, 0.05) is 0 Å². The Hall–Kier alpha value is 1.08. The molecular formula is C4H14Cl2GeN+. The van der Waals surface area contributed by atoms with Crippen molar-refractivity contribution in [1.82, 2.24) is 0 Å². The first kappa shape index (κ1) is 11.8. The zero-order chi connectivity index (χ0) is 6.08. The first-order valence-corrected chi connectivity index (χ1v) is 2.91. The molecule has 0 radical (unpaired) electrons. The van der Waals surface area contributed by atoms with Crippen LogP contribution in [-0.4, -0.2) is 48.2 Å². The Morgan fingerprint density at radius 1 is 1.12 bits per heavy atom. The molecule has 1 nitrogen and oxygen atoms in total. The van der Waals surface area contributed by atoms with E-state index in [1.807, 2.05) is 21.1 Å². The molecule has 0 atom stereocenters. The second-order valence-electron chi connectivity index (χ2n) is 2.39. The fourth-order valence-corrected chi connectivity index (χ4v) is 0. The van der Waals surface area contributed by atoms with Crippen molar-refractivity contribution < 1.29 is 4.48 Å². The molecule has 0 unspecified atom stereocenters. The molecule has 0 aromatic carbocycles. The predicted molar refractivity (Wildman–Crippen MR) is 44.9 cm³/mol. The van der Waals surface area contributed by atoms with Crippen LogP contribution in [0, 0.1) is 0 Å². The molecule has 52 valence electrons. The van der Waals surface area contributed by atoms with Crippen LogP contribution in [0.25, 0.3) is 0 Å². The summed E-state index contributed by atoms with van der Waals surface area (Å²) in [6.45, 7) is 0. The van der Waals surface area contributed by atoms with Crippen molar-refractivity contribution in [1.29, 1.82) is 0 Å². The van der Waals surface area contributed by atoms with Gasteiger partial charge in [-0.25, -0.2) is 0 Å². The maximum absolute atomic E-state index is 5.49. The SMILES string of the molecule is C[N+](C)(C)C(Cl)Cl.[GeH4]. The summed E-state index contributed by atoms with van der Waals surface area (Å²) in [4.78, 5) is -0.319. The fourth-order valence-electron chi connectivity index (χ4n) is 0. The van der Waals surface area contributed by atoms with Crippen LogP contribution in [0.4, 0.5) is 0 Å². The molecule has 4 heteroatoms. The van der Waals surface area contributed by atoms with Crippen molar-refractivity contribution in [3.05, 3.63) is 0 Å². The molecule has 0 aliphatic carbocycles. The normalized spacial score (nSPS) is 11.2. The van der Waals surface area contributed by atoms with Crippen molar-refractivity contribution in [2.75, 3.05) is 21.1 Å². The summed E-state index contributed by atoms with van der Waals surface area (Å²) < 4.78 is 0.586. The molecule has 0 aliphatic heterocycles. The molecule has 0 heterocycles. The standard InChI is InChI=1S/C4H10Cl2N.GeH4/c1-7(2,3)4(5)6;/h4H,1-3H3;1H4/q+1;. The molecule has 0 bridgehead atoms. The summed E-state index contributed by atoms with van der Waals surface area (Å²) in [6.07, 6.45) is 0. The van der Waals surface area contributed by atoms with Crippen LogP contribution >= 0.6 is 23.2 Å². The molecular weight excluding hydrogens is 206 g/mol. The summed E-state index contributed by atoms with van der Waals surface area (Å²) in [5.41, 5.74) is 0. The number of nitrogens with zero attached hydrogens (tertiary/aromatic N) is 1. The van der Waals surface area contributed by atoms with Crippen LogP contribution < -0.4 is 0 Å². The Balaban J connectivity index is 0. The molecule has 0 spiro atoms.